The zero-order chi connectivity index (χ0) is 14.0. The first-order chi connectivity index (χ1) is 9.02. The van der Waals surface area contributed by atoms with Gasteiger partial charge in [-0.25, -0.2) is 8.78 Å². The van der Waals surface area contributed by atoms with Crippen LogP contribution in [-0.2, 0) is 0 Å². The Bertz CT molecular complexity index is 479. The first-order valence-corrected chi connectivity index (χ1v) is 6.47. The summed E-state index contributed by atoms with van der Waals surface area (Å²) < 4.78 is 26.0. The van der Waals surface area contributed by atoms with Crippen LogP contribution in [0.1, 0.15) is 23.7 Å². The molecule has 0 spiro atoms. The van der Waals surface area contributed by atoms with Gasteiger partial charge in [0.2, 0.25) is 0 Å². The molecule has 0 radical (unpaired) electrons. The largest absolute Gasteiger partial charge is 0.338 e. The molecule has 0 saturated carbocycles. The average molecular weight is 268 g/mol. The van der Waals surface area contributed by atoms with E-state index in [0.29, 0.717) is 25.6 Å². The fourth-order valence-corrected chi connectivity index (χ4v) is 2.45. The molecule has 1 aromatic rings. The number of likely N-dealkylation sites (tertiary alicyclic amines) is 1. The van der Waals surface area contributed by atoms with E-state index in [1.54, 1.807) is 4.90 Å². The quantitative estimate of drug-likeness (QED) is 0.892. The molecule has 2 N–H and O–H groups in total. The molecule has 1 fully saturated rings. The van der Waals surface area contributed by atoms with E-state index in [4.69, 9.17) is 5.73 Å². The molecule has 1 aliphatic rings. The van der Waals surface area contributed by atoms with E-state index in [1.807, 2.05) is 0 Å². The van der Waals surface area contributed by atoms with Crippen LogP contribution in [0.25, 0.3) is 0 Å². The lowest BCUT2D eigenvalue weighted by molar-refractivity contribution is 0.0618. The Morgan fingerprint density at radius 3 is 2.79 bits per heavy atom. The van der Waals surface area contributed by atoms with Crippen LogP contribution in [-0.4, -0.2) is 30.4 Å². The van der Waals surface area contributed by atoms with Crippen LogP contribution in [0.5, 0.6) is 0 Å². The van der Waals surface area contributed by atoms with Gasteiger partial charge in [-0.1, -0.05) is 6.92 Å². The van der Waals surface area contributed by atoms with Crippen LogP contribution in [0, 0.1) is 23.5 Å². The van der Waals surface area contributed by atoms with Gasteiger partial charge in [0.25, 0.3) is 5.91 Å². The molecule has 0 aromatic heterocycles. The summed E-state index contributed by atoms with van der Waals surface area (Å²) in [5.41, 5.74) is 5.88. The Hall–Kier alpha value is -1.49. The minimum Gasteiger partial charge on any atom is -0.338 e. The summed E-state index contributed by atoms with van der Waals surface area (Å²) in [6.45, 7) is 3.87. The number of rotatable bonds is 2. The van der Waals surface area contributed by atoms with Crippen LogP contribution >= 0.6 is 0 Å². The minimum atomic E-state index is -0.994. The number of benzene rings is 1. The second kappa shape index (κ2) is 5.65. The maximum Gasteiger partial charge on any atom is 0.253 e. The molecule has 1 aromatic carbocycles. The lowest BCUT2D eigenvalue weighted by Crippen LogP contribution is -2.45. The average Bonchev–Trinajstić information content (AvgIpc) is 2.41. The first kappa shape index (κ1) is 13.9. The van der Waals surface area contributed by atoms with Crippen molar-refractivity contribution in [1.29, 1.82) is 0 Å². The maximum atomic E-state index is 13.1. The monoisotopic (exact) mass is 268 g/mol. The molecule has 0 bridgehead atoms. The second-order valence-corrected chi connectivity index (χ2v) is 5.14. The summed E-state index contributed by atoms with van der Waals surface area (Å²) in [6.07, 6.45) is 0.886. The molecule has 2 rings (SSSR count). The molecule has 1 aliphatic heterocycles. The minimum absolute atomic E-state index is 0.184. The molecular weight excluding hydrogens is 250 g/mol. The topological polar surface area (TPSA) is 46.3 Å². The highest BCUT2D eigenvalue weighted by atomic mass is 19.2. The molecule has 5 heteroatoms. The van der Waals surface area contributed by atoms with Crippen molar-refractivity contribution in [1.82, 2.24) is 4.90 Å². The maximum absolute atomic E-state index is 13.1. The van der Waals surface area contributed by atoms with Gasteiger partial charge in [0.15, 0.2) is 11.6 Å². The Balaban J connectivity index is 2.13. The lowest BCUT2D eigenvalue weighted by Gasteiger charge is -2.36. The number of piperidine rings is 1. The summed E-state index contributed by atoms with van der Waals surface area (Å²) in [5.74, 6) is -1.44. The van der Waals surface area contributed by atoms with Gasteiger partial charge in [0, 0.05) is 18.7 Å². The molecule has 2 atom stereocenters. The third-order valence-electron chi connectivity index (χ3n) is 3.87. The number of nitrogens with zero attached hydrogens (tertiary/aromatic N) is 1. The molecule has 19 heavy (non-hydrogen) atoms. The van der Waals surface area contributed by atoms with Gasteiger partial charge < -0.3 is 10.6 Å². The zero-order valence-corrected chi connectivity index (χ0v) is 10.9. The summed E-state index contributed by atoms with van der Waals surface area (Å²) in [6, 6.07) is 3.25. The van der Waals surface area contributed by atoms with Crippen LogP contribution in [0.4, 0.5) is 8.78 Å². The van der Waals surface area contributed by atoms with Gasteiger partial charge in [0.05, 0.1) is 0 Å². The third kappa shape index (κ3) is 2.92. The van der Waals surface area contributed by atoms with Crippen molar-refractivity contribution in [3.8, 4) is 0 Å². The first-order valence-electron chi connectivity index (χ1n) is 6.47. The van der Waals surface area contributed by atoms with Crippen LogP contribution in [0.3, 0.4) is 0 Å². The van der Waals surface area contributed by atoms with Crippen molar-refractivity contribution in [2.75, 3.05) is 19.6 Å². The van der Waals surface area contributed by atoms with E-state index >= 15 is 0 Å². The second-order valence-electron chi connectivity index (χ2n) is 5.14. The highest BCUT2D eigenvalue weighted by molar-refractivity contribution is 5.94. The predicted molar refractivity (Wildman–Crippen MR) is 68.6 cm³/mol. The van der Waals surface area contributed by atoms with Crippen molar-refractivity contribution < 1.29 is 13.6 Å². The molecule has 1 amide bonds. The lowest BCUT2D eigenvalue weighted by atomic mass is 9.87. The Morgan fingerprint density at radius 1 is 1.42 bits per heavy atom. The van der Waals surface area contributed by atoms with Crippen molar-refractivity contribution in [2.24, 2.45) is 17.6 Å². The van der Waals surface area contributed by atoms with Crippen LogP contribution in [0.2, 0.25) is 0 Å². The molecule has 0 aliphatic carbocycles. The molecule has 3 nitrogen and oxygen atoms in total. The predicted octanol–water partition coefficient (Wildman–Crippen LogP) is 2.02. The normalized spacial score (nSPS) is 23.5. The highest BCUT2D eigenvalue weighted by Gasteiger charge is 2.28. The van der Waals surface area contributed by atoms with Crippen molar-refractivity contribution in [3.63, 3.8) is 0 Å². The van der Waals surface area contributed by atoms with Gasteiger partial charge >= 0.3 is 0 Å². The van der Waals surface area contributed by atoms with E-state index < -0.39 is 11.6 Å². The van der Waals surface area contributed by atoms with Gasteiger partial charge in [-0.15, -0.1) is 0 Å². The number of halogens is 2. The van der Waals surface area contributed by atoms with E-state index in [0.717, 1.165) is 18.6 Å². The number of carbonyl (C=O) groups is 1. The number of carbonyl (C=O) groups excluding carboxylic acids is 1. The zero-order valence-electron chi connectivity index (χ0n) is 10.9. The SMILES string of the molecule is CC1CCN(C(=O)c2ccc(F)c(F)c2)CC1CN. The highest BCUT2D eigenvalue weighted by Crippen LogP contribution is 2.23. The van der Waals surface area contributed by atoms with Crippen LogP contribution < -0.4 is 5.73 Å². The van der Waals surface area contributed by atoms with Gasteiger partial charge in [0.1, 0.15) is 0 Å². The molecular formula is C14H18F2N2O. The fourth-order valence-electron chi connectivity index (χ4n) is 2.45. The molecule has 2 unspecified atom stereocenters. The number of nitrogens with two attached hydrogens (primary N) is 1. The van der Waals surface area contributed by atoms with Crippen molar-refractivity contribution in [2.45, 2.75) is 13.3 Å². The van der Waals surface area contributed by atoms with Gasteiger partial charge in [-0.3, -0.25) is 4.79 Å². The Kier molecular flexibility index (Phi) is 4.14. The fraction of sp³-hybridized carbons (Fsp3) is 0.500. The summed E-state index contributed by atoms with van der Waals surface area (Å²) in [5, 5.41) is 0. The molecule has 1 heterocycles. The van der Waals surface area contributed by atoms with E-state index in [1.165, 1.54) is 6.07 Å². The van der Waals surface area contributed by atoms with Crippen LogP contribution in [0.15, 0.2) is 18.2 Å². The standard InChI is InChI=1S/C14H18F2N2O/c1-9-4-5-18(8-11(9)7-17)14(19)10-2-3-12(15)13(16)6-10/h2-3,6,9,11H,4-5,7-8,17H2,1H3. The van der Waals surface area contributed by atoms with E-state index in [2.05, 4.69) is 6.92 Å². The Labute approximate surface area is 111 Å². The number of amides is 1. The third-order valence-corrected chi connectivity index (χ3v) is 3.87. The number of hydrogen-bond acceptors (Lipinski definition) is 2. The Morgan fingerprint density at radius 2 is 2.16 bits per heavy atom. The summed E-state index contributed by atoms with van der Waals surface area (Å²) in [4.78, 5) is 13.9. The van der Waals surface area contributed by atoms with E-state index in [-0.39, 0.29) is 17.4 Å². The van der Waals surface area contributed by atoms with Crippen molar-refractivity contribution >= 4 is 5.91 Å². The molecule has 1 saturated heterocycles. The molecule has 104 valence electrons. The number of hydrogen-bond donors (Lipinski definition) is 1. The summed E-state index contributed by atoms with van der Waals surface area (Å²) >= 11 is 0. The van der Waals surface area contributed by atoms with Crippen molar-refractivity contribution in [3.05, 3.63) is 35.4 Å². The van der Waals surface area contributed by atoms with Gasteiger partial charge in [-0.05, 0) is 43.0 Å². The summed E-state index contributed by atoms with van der Waals surface area (Å²) in [7, 11) is 0. The van der Waals surface area contributed by atoms with E-state index in [9.17, 15) is 13.6 Å². The smallest absolute Gasteiger partial charge is 0.253 e. The van der Waals surface area contributed by atoms with Gasteiger partial charge in [-0.2, -0.15) is 0 Å².